The Bertz CT molecular complexity index is 1150. The molecule has 2 amide bonds. The number of nitrogens with zero attached hydrogens (tertiary/aromatic N) is 2. The fraction of sp³-hybridized carbons (Fsp3) is 0.280. The number of carbonyl (C=O) groups is 2. The molecule has 0 unspecified atom stereocenters. The number of nitrogens with one attached hydrogen (secondary N) is 2. The molecule has 2 aromatic carbocycles. The zero-order valence-corrected chi connectivity index (χ0v) is 19.0. The van der Waals surface area contributed by atoms with E-state index in [9.17, 15) is 9.59 Å². The van der Waals surface area contributed by atoms with Crippen LogP contribution in [-0.2, 0) is 11.8 Å². The molecule has 6 nitrogen and oxygen atoms in total. The lowest BCUT2D eigenvalue weighted by atomic mass is 9.80. The molecule has 0 saturated heterocycles. The summed E-state index contributed by atoms with van der Waals surface area (Å²) >= 11 is 5.86. The SMILES string of the molecule is CC(C)(C)c1ccc([C@H]2CC(=O)c3cnc(NC(=O)Nc4ccc(Cl)cc4)nc3C2)cc1. The highest BCUT2D eigenvalue weighted by atomic mass is 35.5. The number of rotatable bonds is 3. The molecule has 3 aromatic rings. The molecule has 0 radical (unpaired) electrons. The van der Waals surface area contributed by atoms with E-state index in [0.717, 1.165) is 5.56 Å². The molecular formula is C25H25ClN4O2. The molecule has 0 aliphatic heterocycles. The second kappa shape index (κ2) is 8.71. The highest BCUT2D eigenvalue weighted by molar-refractivity contribution is 6.30. The van der Waals surface area contributed by atoms with Crippen LogP contribution >= 0.6 is 11.6 Å². The van der Waals surface area contributed by atoms with Crippen LogP contribution in [0.3, 0.4) is 0 Å². The van der Waals surface area contributed by atoms with Gasteiger partial charge in [0.2, 0.25) is 5.95 Å². The maximum absolute atomic E-state index is 12.7. The van der Waals surface area contributed by atoms with Crippen LogP contribution in [0.4, 0.5) is 16.4 Å². The molecule has 2 N–H and O–H groups in total. The van der Waals surface area contributed by atoms with Gasteiger partial charge in [0.15, 0.2) is 5.78 Å². The van der Waals surface area contributed by atoms with Gasteiger partial charge >= 0.3 is 6.03 Å². The summed E-state index contributed by atoms with van der Waals surface area (Å²) in [5, 5.41) is 5.92. The Kier molecular flexibility index (Phi) is 5.98. The van der Waals surface area contributed by atoms with Gasteiger partial charge in [-0.3, -0.25) is 10.1 Å². The zero-order chi connectivity index (χ0) is 22.9. The lowest BCUT2D eigenvalue weighted by Gasteiger charge is -2.25. The van der Waals surface area contributed by atoms with Crippen molar-refractivity contribution in [2.45, 2.75) is 44.9 Å². The van der Waals surface area contributed by atoms with E-state index in [1.807, 2.05) is 0 Å². The van der Waals surface area contributed by atoms with Gasteiger partial charge < -0.3 is 5.32 Å². The number of anilines is 2. The van der Waals surface area contributed by atoms with Crippen LogP contribution in [0.25, 0.3) is 0 Å². The van der Waals surface area contributed by atoms with Crippen LogP contribution in [0, 0.1) is 0 Å². The average molecular weight is 449 g/mol. The van der Waals surface area contributed by atoms with Crippen molar-refractivity contribution in [3.05, 3.63) is 82.1 Å². The lowest BCUT2D eigenvalue weighted by Crippen LogP contribution is -2.24. The summed E-state index contributed by atoms with van der Waals surface area (Å²) in [6.45, 7) is 6.53. The summed E-state index contributed by atoms with van der Waals surface area (Å²) < 4.78 is 0. The summed E-state index contributed by atoms with van der Waals surface area (Å²) in [4.78, 5) is 33.6. The second-order valence-corrected chi connectivity index (χ2v) is 9.48. The zero-order valence-electron chi connectivity index (χ0n) is 18.3. The fourth-order valence-electron chi connectivity index (χ4n) is 3.79. The van der Waals surface area contributed by atoms with Crippen molar-refractivity contribution in [3.63, 3.8) is 0 Å². The lowest BCUT2D eigenvalue weighted by molar-refractivity contribution is 0.0962. The number of urea groups is 1. The maximum Gasteiger partial charge on any atom is 0.326 e. The van der Waals surface area contributed by atoms with E-state index in [1.165, 1.54) is 11.8 Å². The Balaban J connectivity index is 1.48. The third-order valence-corrected chi connectivity index (χ3v) is 5.87. The van der Waals surface area contributed by atoms with Gasteiger partial charge in [-0.2, -0.15) is 0 Å². The summed E-state index contributed by atoms with van der Waals surface area (Å²) in [6.07, 6.45) is 2.54. The van der Waals surface area contributed by atoms with Crippen molar-refractivity contribution in [3.8, 4) is 0 Å². The van der Waals surface area contributed by atoms with Crippen LogP contribution in [0.2, 0.25) is 5.02 Å². The van der Waals surface area contributed by atoms with E-state index in [2.05, 4.69) is 65.6 Å². The van der Waals surface area contributed by atoms with Crippen LogP contribution < -0.4 is 10.6 Å². The molecule has 0 saturated carbocycles. The quantitative estimate of drug-likeness (QED) is 0.515. The van der Waals surface area contributed by atoms with Gasteiger partial charge in [0.05, 0.1) is 11.3 Å². The summed E-state index contributed by atoms with van der Waals surface area (Å²) in [5.41, 5.74) is 4.22. The normalized spacial score (nSPS) is 15.8. The third-order valence-electron chi connectivity index (χ3n) is 5.62. The summed E-state index contributed by atoms with van der Waals surface area (Å²) in [5.74, 6) is 0.231. The Morgan fingerprint density at radius 1 is 1.00 bits per heavy atom. The van der Waals surface area contributed by atoms with E-state index in [-0.39, 0.29) is 23.1 Å². The largest absolute Gasteiger partial charge is 0.326 e. The van der Waals surface area contributed by atoms with Gasteiger partial charge in [0.25, 0.3) is 0 Å². The molecule has 4 rings (SSSR count). The van der Waals surface area contributed by atoms with Crippen molar-refractivity contribution >= 4 is 35.1 Å². The van der Waals surface area contributed by atoms with Gasteiger partial charge in [-0.05, 0) is 53.1 Å². The van der Waals surface area contributed by atoms with Crippen molar-refractivity contribution in [1.29, 1.82) is 0 Å². The topological polar surface area (TPSA) is 84.0 Å². The number of halogens is 1. The number of amides is 2. The standard InChI is InChI=1S/C25H25ClN4O2/c1-25(2,3)17-6-4-15(5-7-17)16-12-21-20(22(31)13-16)14-27-23(29-21)30-24(32)28-19-10-8-18(26)9-11-19/h4-11,14,16H,12-13H2,1-3H3,(H2,27,28,29,30,32)/t16-/m1/s1. The van der Waals surface area contributed by atoms with E-state index in [1.54, 1.807) is 24.3 Å². The number of hydrogen-bond acceptors (Lipinski definition) is 4. The highest BCUT2D eigenvalue weighted by Crippen LogP contribution is 2.33. The van der Waals surface area contributed by atoms with Crippen LogP contribution in [0.5, 0.6) is 0 Å². The first-order chi connectivity index (χ1) is 15.2. The van der Waals surface area contributed by atoms with E-state index >= 15 is 0 Å². The Labute approximate surface area is 192 Å². The summed E-state index contributed by atoms with van der Waals surface area (Å²) in [7, 11) is 0. The number of Topliss-reactive ketones (excluding diaryl/α,β-unsaturated/α-hetero) is 1. The Morgan fingerprint density at radius 2 is 1.69 bits per heavy atom. The summed E-state index contributed by atoms with van der Waals surface area (Å²) in [6, 6.07) is 14.8. The molecule has 7 heteroatoms. The van der Waals surface area contributed by atoms with E-state index in [4.69, 9.17) is 11.6 Å². The molecule has 0 spiro atoms. The molecule has 32 heavy (non-hydrogen) atoms. The predicted molar refractivity (Wildman–Crippen MR) is 127 cm³/mol. The molecule has 164 valence electrons. The second-order valence-electron chi connectivity index (χ2n) is 9.04. The van der Waals surface area contributed by atoms with Crippen molar-refractivity contribution in [1.82, 2.24) is 9.97 Å². The van der Waals surface area contributed by atoms with Crippen LogP contribution in [0.1, 0.15) is 60.3 Å². The van der Waals surface area contributed by atoms with E-state index in [0.29, 0.717) is 34.8 Å². The molecule has 1 aliphatic carbocycles. The molecular weight excluding hydrogens is 424 g/mol. The average Bonchev–Trinajstić information content (AvgIpc) is 2.74. The smallest absolute Gasteiger partial charge is 0.308 e. The van der Waals surface area contributed by atoms with Crippen molar-refractivity contribution < 1.29 is 9.59 Å². The maximum atomic E-state index is 12.7. The molecule has 1 aliphatic rings. The number of benzene rings is 2. The molecule has 1 atom stereocenters. The molecule has 0 fully saturated rings. The minimum absolute atomic E-state index is 0.0216. The van der Waals surface area contributed by atoms with Crippen molar-refractivity contribution in [2.24, 2.45) is 0 Å². The first-order valence-electron chi connectivity index (χ1n) is 10.5. The van der Waals surface area contributed by atoms with Crippen LogP contribution in [0.15, 0.2) is 54.7 Å². The fourth-order valence-corrected chi connectivity index (χ4v) is 3.92. The van der Waals surface area contributed by atoms with Gasteiger partial charge in [0, 0.05) is 23.3 Å². The molecule has 0 bridgehead atoms. The minimum Gasteiger partial charge on any atom is -0.308 e. The number of ketones is 1. The number of carbonyl (C=O) groups excluding carboxylic acids is 2. The minimum atomic E-state index is -0.469. The Morgan fingerprint density at radius 3 is 2.34 bits per heavy atom. The monoisotopic (exact) mass is 448 g/mol. The first-order valence-corrected chi connectivity index (χ1v) is 10.9. The number of fused-ring (bicyclic) bond motifs is 1. The number of hydrogen-bond donors (Lipinski definition) is 2. The molecule has 1 aromatic heterocycles. The van der Waals surface area contributed by atoms with E-state index < -0.39 is 6.03 Å². The third kappa shape index (κ3) is 4.97. The van der Waals surface area contributed by atoms with Gasteiger partial charge in [0.1, 0.15) is 0 Å². The highest BCUT2D eigenvalue weighted by Gasteiger charge is 2.28. The van der Waals surface area contributed by atoms with Crippen molar-refractivity contribution in [2.75, 3.05) is 10.6 Å². The van der Waals surface area contributed by atoms with Gasteiger partial charge in [-0.25, -0.2) is 14.8 Å². The van der Waals surface area contributed by atoms with Gasteiger partial charge in [-0.15, -0.1) is 0 Å². The van der Waals surface area contributed by atoms with Crippen LogP contribution in [-0.4, -0.2) is 21.8 Å². The predicted octanol–water partition coefficient (Wildman–Crippen LogP) is 5.98. The number of aromatic nitrogens is 2. The van der Waals surface area contributed by atoms with Gasteiger partial charge in [-0.1, -0.05) is 56.6 Å². The molecule has 1 heterocycles. The Hall–Kier alpha value is -3.25. The first kappa shape index (κ1) is 22.0.